The van der Waals surface area contributed by atoms with E-state index in [0.717, 1.165) is 69.8 Å². The van der Waals surface area contributed by atoms with Crippen LogP contribution in [0.3, 0.4) is 0 Å². The quantitative estimate of drug-likeness (QED) is 0.327. The topological polar surface area (TPSA) is 121 Å². The largest absolute Gasteiger partial charge is 0.491 e. The number of aromatic nitrogens is 8. The minimum Gasteiger partial charge on any atom is -0.491 e. The first-order valence-corrected chi connectivity index (χ1v) is 12.7. The van der Waals surface area contributed by atoms with E-state index in [1.807, 2.05) is 36.5 Å². The molecule has 7 rings (SSSR count). The molecule has 0 saturated carbocycles. The summed E-state index contributed by atoms with van der Waals surface area (Å²) in [5.41, 5.74) is 7.42. The third kappa shape index (κ3) is 4.24. The van der Waals surface area contributed by atoms with Crippen LogP contribution in [-0.4, -0.2) is 71.2 Å². The molecule has 2 N–H and O–H groups in total. The van der Waals surface area contributed by atoms with Crippen LogP contribution < -0.4 is 4.74 Å². The van der Waals surface area contributed by atoms with Crippen molar-refractivity contribution in [2.45, 2.75) is 12.8 Å². The van der Waals surface area contributed by atoms with Gasteiger partial charge in [-0.1, -0.05) is 0 Å². The fourth-order valence-corrected chi connectivity index (χ4v) is 4.95. The van der Waals surface area contributed by atoms with Crippen molar-refractivity contribution < 1.29 is 4.74 Å². The second kappa shape index (κ2) is 9.64. The highest BCUT2D eigenvalue weighted by atomic mass is 16.5. The third-order valence-corrected chi connectivity index (χ3v) is 6.90. The van der Waals surface area contributed by atoms with E-state index in [-0.39, 0.29) is 0 Å². The number of aromatic amines is 2. The fourth-order valence-electron chi connectivity index (χ4n) is 4.95. The minimum atomic E-state index is 0.622. The summed E-state index contributed by atoms with van der Waals surface area (Å²) in [5, 5.41) is 7.62. The number of nitrogens with zero attached hydrogens (tertiary/aromatic N) is 7. The molecule has 10 nitrogen and oxygen atoms in total. The maximum atomic E-state index is 6.00. The van der Waals surface area contributed by atoms with Gasteiger partial charge in [0.1, 0.15) is 17.9 Å². The van der Waals surface area contributed by atoms with Crippen molar-refractivity contribution in [2.24, 2.45) is 0 Å². The predicted molar refractivity (Wildman–Crippen MR) is 144 cm³/mol. The molecule has 10 heteroatoms. The maximum Gasteiger partial charge on any atom is 0.161 e. The zero-order valence-corrected chi connectivity index (χ0v) is 20.6. The normalized spacial score (nSPS) is 14.0. The number of fused-ring (bicyclic) bond motifs is 2. The van der Waals surface area contributed by atoms with Gasteiger partial charge in [0, 0.05) is 42.5 Å². The molecule has 0 radical (unpaired) electrons. The number of pyridine rings is 4. The van der Waals surface area contributed by atoms with Crippen molar-refractivity contribution in [3.8, 4) is 39.7 Å². The second-order valence-electron chi connectivity index (χ2n) is 9.38. The molecule has 1 saturated heterocycles. The first kappa shape index (κ1) is 22.5. The van der Waals surface area contributed by atoms with Gasteiger partial charge in [-0.05, 0) is 61.8 Å². The molecule has 6 aromatic heterocycles. The molecule has 188 valence electrons. The number of H-pyrrole nitrogens is 2. The van der Waals surface area contributed by atoms with Crippen LogP contribution in [0.5, 0.6) is 5.75 Å². The molecule has 0 aromatic carbocycles. The summed E-state index contributed by atoms with van der Waals surface area (Å²) in [6.45, 7) is 3.89. The van der Waals surface area contributed by atoms with Gasteiger partial charge in [-0.25, -0.2) is 9.97 Å². The van der Waals surface area contributed by atoms with Crippen molar-refractivity contribution in [1.82, 2.24) is 45.0 Å². The van der Waals surface area contributed by atoms with Crippen LogP contribution in [0.2, 0.25) is 0 Å². The molecule has 6 aromatic rings. The van der Waals surface area contributed by atoms with Gasteiger partial charge in [0.05, 0.1) is 34.6 Å². The van der Waals surface area contributed by atoms with Gasteiger partial charge in [-0.3, -0.25) is 25.0 Å². The molecule has 0 unspecified atom stereocenters. The molecule has 1 fully saturated rings. The molecule has 1 aliphatic rings. The molecule has 0 bridgehead atoms. The lowest BCUT2D eigenvalue weighted by Crippen LogP contribution is -2.25. The van der Waals surface area contributed by atoms with Gasteiger partial charge in [-0.15, -0.1) is 0 Å². The van der Waals surface area contributed by atoms with Gasteiger partial charge in [0.15, 0.2) is 11.5 Å². The summed E-state index contributed by atoms with van der Waals surface area (Å²) in [7, 11) is 0. The third-order valence-electron chi connectivity index (χ3n) is 6.90. The Kier molecular flexibility index (Phi) is 5.71. The highest BCUT2D eigenvalue weighted by molar-refractivity contribution is 5.95. The van der Waals surface area contributed by atoms with E-state index in [0.29, 0.717) is 18.1 Å². The minimum absolute atomic E-state index is 0.622. The number of likely N-dealkylation sites (tertiary alicyclic amines) is 1. The fraction of sp³-hybridized carbons (Fsp3) is 0.214. The first-order valence-electron chi connectivity index (χ1n) is 12.7. The second-order valence-corrected chi connectivity index (χ2v) is 9.38. The van der Waals surface area contributed by atoms with Gasteiger partial charge in [-0.2, -0.15) is 5.10 Å². The molecule has 0 spiro atoms. The smallest absolute Gasteiger partial charge is 0.161 e. The monoisotopic (exact) mass is 503 g/mol. The Bertz CT molecular complexity index is 1720. The lowest BCUT2D eigenvalue weighted by molar-refractivity contribution is 0.237. The lowest BCUT2D eigenvalue weighted by Gasteiger charge is -2.15. The van der Waals surface area contributed by atoms with Crippen LogP contribution in [0.15, 0.2) is 67.5 Å². The summed E-state index contributed by atoms with van der Waals surface area (Å²) < 4.78 is 6.00. The molecular weight excluding hydrogens is 478 g/mol. The Morgan fingerprint density at radius 2 is 1.68 bits per heavy atom. The van der Waals surface area contributed by atoms with E-state index in [2.05, 4.69) is 35.0 Å². The molecule has 7 heterocycles. The van der Waals surface area contributed by atoms with Crippen LogP contribution >= 0.6 is 0 Å². The van der Waals surface area contributed by atoms with E-state index in [1.165, 1.54) is 12.8 Å². The van der Waals surface area contributed by atoms with E-state index >= 15 is 0 Å². The van der Waals surface area contributed by atoms with Crippen LogP contribution in [0.4, 0.5) is 0 Å². The number of nitrogens with one attached hydrogen (secondary N) is 2. The average molecular weight is 504 g/mol. The van der Waals surface area contributed by atoms with Crippen LogP contribution in [-0.2, 0) is 0 Å². The lowest BCUT2D eigenvalue weighted by atomic mass is 10.1. The zero-order valence-electron chi connectivity index (χ0n) is 20.6. The molecular formula is C28H25N9O. The first-order chi connectivity index (χ1) is 18.8. The summed E-state index contributed by atoms with van der Waals surface area (Å²) in [4.78, 5) is 28.5. The standard InChI is InChI=1S/C28H25N9O/c1-2-10-37(9-1)11-12-38-20-13-19(14-30-15-20)22-3-4-23-26(32-22)27(36-35-23)28-33-24-17-31-16-21(25(24)34-28)18-5-7-29-8-6-18/h3-8,13-17H,1-2,9-12H2,(H,33,34)(H,35,36). The number of ether oxygens (including phenoxy) is 1. The Morgan fingerprint density at radius 1 is 0.816 bits per heavy atom. The highest BCUT2D eigenvalue weighted by Gasteiger charge is 2.17. The van der Waals surface area contributed by atoms with Gasteiger partial charge < -0.3 is 9.72 Å². The van der Waals surface area contributed by atoms with Crippen LogP contribution in [0.1, 0.15) is 12.8 Å². The Morgan fingerprint density at radius 3 is 2.58 bits per heavy atom. The molecule has 0 aliphatic carbocycles. The van der Waals surface area contributed by atoms with E-state index in [1.54, 1.807) is 31.0 Å². The number of hydrogen-bond acceptors (Lipinski definition) is 8. The molecule has 38 heavy (non-hydrogen) atoms. The van der Waals surface area contributed by atoms with Crippen molar-refractivity contribution in [3.05, 3.63) is 67.5 Å². The Balaban J connectivity index is 1.20. The molecule has 0 atom stereocenters. The molecule has 1 aliphatic heterocycles. The number of hydrogen-bond donors (Lipinski definition) is 2. The summed E-state index contributed by atoms with van der Waals surface area (Å²) >= 11 is 0. The van der Waals surface area contributed by atoms with Crippen molar-refractivity contribution >= 4 is 22.1 Å². The number of imidazole rings is 1. The SMILES string of the molecule is c1cc(-c2cncc3[nH]c(-c4n[nH]c5ccc(-c6cncc(OCCN7CCCC7)c6)nc45)nc23)ccn1. The van der Waals surface area contributed by atoms with Gasteiger partial charge >= 0.3 is 0 Å². The summed E-state index contributed by atoms with van der Waals surface area (Å²) in [6.07, 6.45) is 13.2. The van der Waals surface area contributed by atoms with Crippen molar-refractivity contribution in [2.75, 3.05) is 26.2 Å². The van der Waals surface area contributed by atoms with Crippen LogP contribution in [0, 0.1) is 0 Å². The highest BCUT2D eigenvalue weighted by Crippen LogP contribution is 2.31. The Labute approximate surface area is 218 Å². The zero-order chi connectivity index (χ0) is 25.3. The van der Waals surface area contributed by atoms with Gasteiger partial charge in [0.2, 0.25) is 0 Å². The summed E-state index contributed by atoms with van der Waals surface area (Å²) in [6, 6.07) is 9.81. The maximum absolute atomic E-state index is 6.00. The van der Waals surface area contributed by atoms with E-state index in [9.17, 15) is 0 Å². The van der Waals surface area contributed by atoms with Gasteiger partial charge in [0.25, 0.3) is 0 Å². The van der Waals surface area contributed by atoms with Crippen LogP contribution in [0.25, 0.3) is 56.0 Å². The summed E-state index contributed by atoms with van der Waals surface area (Å²) in [5.74, 6) is 1.36. The van der Waals surface area contributed by atoms with E-state index < -0.39 is 0 Å². The van der Waals surface area contributed by atoms with Crippen molar-refractivity contribution in [1.29, 1.82) is 0 Å². The predicted octanol–water partition coefficient (Wildman–Crippen LogP) is 4.49. The average Bonchev–Trinajstić information content (AvgIpc) is 3.73. The van der Waals surface area contributed by atoms with E-state index in [4.69, 9.17) is 14.7 Å². The Hall–Kier alpha value is -4.70. The molecule has 0 amide bonds. The van der Waals surface area contributed by atoms with Crippen molar-refractivity contribution in [3.63, 3.8) is 0 Å². The number of rotatable bonds is 7.